The zero-order valence-electron chi connectivity index (χ0n) is 11.3. The molecule has 1 aliphatic carbocycles. The molecule has 0 atom stereocenters. The standard InChI is InChI=1S/C13H12Cl2N2O4S/c14-9-5-8-11(6-10(9)15)16-13(19)17(12(8)18)3-4-22(20,21)7-1-2-7/h5-7H,1-4H2,(H,16,19). The highest BCUT2D eigenvalue weighted by Crippen LogP contribution is 2.29. The topological polar surface area (TPSA) is 89.0 Å². The van der Waals surface area contributed by atoms with E-state index in [-0.39, 0.29) is 38.5 Å². The van der Waals surface area contributed by atoms with E-state index in [0.29, 0.717) is 12.8 Å². The molecule has 2 aromatic rings. The van der Waals surface area contributed by atoms with E-state index in [1.54, 1.807) is 0 Å². The van der Waals surface area contributed by atoms with Gasteiger partial charge in [0.25, 0.3) is 5.56 Å². The molecule has 1 saturated carbocycles. The van der Waals surface area contributed by atoms with Crippen molar-refractivity contribution in [2.45, 2.75) is 24.6 Å². The maximum Gasteiger partial charge on any atom is 0.328 e. The van der Waals surface area contributed by atoms with Crippen LogP contribution in [0, 0.1) is 0 Å². The highest BCUT2D eigenvalue weighted by Gasteiger charge is 2.35. The Bertz CT molecular complexity index is 974. The van der Waals surface area contributed by atoms with Gasteiger partial charge in [-0.05, 0) is 25.0 Å². The second kappa shape index (κ2) is 5.40. The maximum atomic E-state index is 12.4. The third kappa shape index (κ3) is 2.80. The molecule has 0 saturated heterocycles. The van der Waals surface area contributed by atoms with E-state index in [1.165, 1.54) is 12.1 Å². The van der Waals surface area contributed by atoms with Gasteiger partial charge in [0.2, 0.25) is 0 Å². The van der Waals surface area contributed by atoms with E-state index in [2.05, 4.69) is 4.98 Å². The first-order valence-electron chi connectivity index (χ1n) is 6.63. The molecular formula is C13H12Cl2N2O4S. The molecule has 1 aromatic carbocycles. The third-order valence-electron chi connectivity index (χ3n) is 3.65. The van der Waals surface area contributed by atoms with Crippen molar-refractivity contribution in [2.24, 2.45) is 0 Å². The molecule has 3 rings (SSSR count). The van der Waals surface area contributed by atoms with E-state index in [1.807, 2.05) is 0 Å². The fraction of sp³-hybridized carbons (Fsp3) is 0.385. The van der Waals surface area contributed by atoms with Crippen LogP contribution >= 0.6 is 23.2 Å². The number of nitrogens with zero attached hydrogens (tertiary/aromatic N) is 1. The normalized spacial score (nSPS) is 15.4. The largest absolute Gasteiger partial charge is 0.328 e. The average molecular weight is 363 g/mol. The second-order valence-electron chi connectivity index (χ2n) is 5.27. The molecule has 1 heterocycles. The van der Waals surface area contributed by atoms with Crippen molar-refractivity contribution in [1.29, 1.82) is 0 Å². The molecule has 0 unspecified atom stereocenters. The number of fused-ring (bicyclic) bond motifs is 1. The van der Waals surface area contributed by atoms with Crippen LogP contribution in [0.25, 0.3) is 10.9 Å². The van der Waals surface area contributed by atoms with E-state index < -0.39 is 21.1 Å². The van der Waals surface area contributed by atoms with Gasteiger partial charge < -0.3 is 4.98 Å². The lowest BCUT2D eigenvalue weighted by Crippen LogP contribution is -2.37. The minimum absolute atomic E-state index is 0.177. The SMILES string of the molecule is O=c1[nH]c2cc(Cl)c(Cl)cc2c(=O)n1CCS(=O)(=O)C1CC1. The summed E-state index contributed by atoms with van der Waals surface area (Å²) < 4.78 is 24.7. The van der Waals surface area contributed by atoms with Crippen LogP contribution in [0.3, 0.4) is 0 Å². The molecule has 1 aliphatic rings. The summed E-state index contributed by atoms with van der Waals surface area (Å²) in [6.45, 7) is -0.177. The smallest absolute Gasteiger partial charge is 0.307 e. The predicted octanol–water partition coefficient (Wildman–Crippen LogP) is 1.57. The van der Waals surface area contributed by atoms with Crippen LogP contribution in [0.15, 0.2) is 21.7 Å². The number of benzene rings is 1. The first-order chi connectivity index (χ1) is 10.3. The molecule has 0 bridgehead atoms. The second-order valence-corrected chi connectivity index (χ2v) is 8.48. The van der Waals surface area contributed by atoms with Crippen LogP contribution in [0.1, 0.15) is 12.8 Å². The summed E-state index contributed by atoms with van der Waals surface area (Å²) >= 11 is 11.7. The number of rotatable bonds is 4. The lowest BCUT2D eigenvalue weighted by atomic mass is 10.2. The van der Waals surface area contributed by atoms with Crippen LogP contribution in [-0.4, -0.2) is 29.0 Å². The number of halogens is 2. The van der Waals surface area contributed by atoms with Crippen LogP contribution in [-0.2, 0) is 16.4 Å². The summed E-state index contributed by atoms with van der Waals surface area (Å²) in [5.41, 5.74) is -0.976. The van der Waals surface area contributed by atoms with Crippen LogP contribution in [0.4, 0.5) is 0 Å². The molecule has 118 valence electrons. The summed E-state index contributed by atoms with van der Waals surface area (Å²) in [5.74, 6) is -0.229. The zero-order chi connectivity index (χ0) is 16.1. The van der Waals surface area contributed by atoms with Crippen molar-refractivity contribution in [3.05, 3.63) is 43.0 Å². The highest BCUT2D eigenvalue weighted by atomic mass is 35.5. The number of sulfone groups is 1. The number of aromatic nitrogens is 2. The van der Waals surface area contributed by atoms with Gasteiger partial charge in [-0.25, -0.2) is 13.2 Å². The molecule has 0 spiro atoms. The average Bonchev–Trinajstić information content (AvgIpc) is 3.26. The van der Waals surface area contributed by atoms with Crippen molar-refractivity contribution < 1.29 is 8.42 Å². The van der Waals surface area contributed by atoms with Gasteiger partial charge in [-0.15, -0.1) is 0 Å². The van der Waals surface area contributed by atoms with E-state index in [4.69, 9.17) is 23.2 Å². The zero-order valence-corrected chi connectivity index (χ0v) is 13.6. The first kappa shape index (κ1) is 15.6. The van der Waals surface area contributed by atoms with Crippen molar-refractivity contribution in [3.8, 4) is 0 Å². The number of H-pyrrole nitrogens is 1. The van der Waals surface area contributed by atoms with Crippen LogP contribution in [0.2, 0.25) is 10.0 Å². The minimum atomic E-state index is -3.25. The van der Waals surface area contributed by atoms with E-state index in [9.17, 15) is 18.0 Å². The Morgan fingerprint density at radius 3 is 2.45 bits per heavy atom. The molecular weight excluding hydrogens is 351 g/mol. The monoisotopic (exact) mass is 362 g/mol. The molecule has 0 radical (unpaired) electrons. The quantitative estimate of drug-likeness (QED) is 0.893. The van der Waals surface area contributed by atoms with Gasteiger partial charge in [0.1, 0.15) is 0 Å². The Hall–Kier alpha value is -1.31. The summed E-state index contributed by atoms with van der Waals surface area (Å²) in [7, 11) is -3.25. The van der Waals surface area contributed by atoms with Gasteiger partial charge in [0, 0.05) is 6.54 Å². The summed E-state index contributed by atoms with van der Waals surface area (Å²) in [4.78, 5) is 26.9. The Kier molecular flexibility index (Phi) is 3.82. The van der Waals surface area contributed by atoms with Crippen molar-refractivity contribution >= 4 is 43.9 Å². The molecule has 22 heavy (non-hydrogen) atoms. The molecule has 0 amide bonds. The number of aromatic amines is 1. The molecule has 0 aliphatic heterocycles. The molecule has 1 fully saturated rings. The van der Waals surface area contributed by atoms with Crippen molar-refractivity contribution in [2.75, 3.05) is 5.75 Å². The lowest BCUT2D eigenvalue weighted by molar-refractivity contribution is 0.583. The van der Waals surface area contributed by atoms with Crippen molar-refractivity contribution in [1.82, 2.24) is 9.55 Å². The van der Waals surface area contributed by atoms with Crippen LogP contribution < -0.4 is 11.2 Å². The van der Waals surface area contributed by atoms with Gasteiger partial charge in [-0.2, -0.15) is 0 Å². The van der Waals surface area contributed by atoms with Gasteiger partial charge >= 0.3 is 5.69 Å². The van der Waals surface area contributed by atoms with Crippen molar-refractivity contribution in [3.63, 3.8) is 0 Å². The van der Waals surface area contributed by atoms with E-state index in [0.717, 1.165) is 4.57 Å². The van der Waals surface area contributed by atoms with Crippen LogP contribution in [0.5, 0.6) is 0 Å². The maximum absolute atomic E-state index is 12.4. The Labute approximate surface area is 135 Å². The lowest BCUT2D eigenvalue weighted by Gasteiger charge is -2.07. The summed E-state index contributed by atoms with van der Waals surface area (Å²) in [5, 5.41) is 0.280. The number of hydrogen-bond acceptors (Lipinski definition) is 4. The van der Waals surface area contributed by atoms with Gasteiger partial charge in [0.15, 0.2) is 9.84 Å². The van der Waals surface area contributed by atoms with E-state index >= 15 is 0 Å². The van der Waals surface area contributed by atoms with Gasteiger partial charge in [-0.1, -0.05) is 23.2 Å². The Morgan fingerprint density at radius 1 is 1.18 bits per heavy atom. The Balaban J connectivity index is 2.04. The molecule has 6 nitrogen and oxygen atoms in total. The molecule has 1 N–H and O–H groups in total. The minimum Gasteiger partial charge on any atom is -0.307 e. The molecule has 1 aromatic heterocycles. The fourth-order valence-electron chi connectivity index (χ4n) is 2.26. The first-order valence-corrected chi connectivity index (χ1v) is 9.10. The predicted molar refractivity (Wildman–Crippen MR) is 85.7 cm³/mol. The molecule has 9 heteroatoms. The fourth-order valence-corrected chi connectivity index (χ4v) is 4.21. The third-order valence-corrected chi connectivity index (χ3v) is 6.62. The highest BCUT2D eigenvalue weighted by molar-refractivity contribution is 7.92. The number of nitrogens with one attached hydrogen (secondary N) is 1. The number of hydrogen-bond donors (Lipinski definition) is 1. The van der Waals surface area contributed by atoms with Gasteiger partial charge in [-0.3, -0.25) is 9.36 Å². The summed E-state index contributed by atoms with van der Waals surface area (Å²) in [6.07, 6.45) is 1.30. The van der Waals surface area contributed by atoms with Gasteiger partial charge in [0.05, 0.1) is 32.0 Å². The Morgan fingerprint density at radius 2 is 1.82 bits per heavy atom. The summed E-state index contributed by atoms with van der Waals surface area (Å²) in [6, 6.07) is 2.76.